The molecule has 1 aromatic heterocycles. The van der Waals surface area contributed by atoms with Gasteiger partial charge in [-0.2, -0.15) is 0 Å². The van der Waals surface area contributed by atoms with Crippen LogP contribution >= 0.6 is 0 Å². The van der Waals surface area contributed by atoms with Crippen molar-refractivity contribution < 1.29 is 19.1 Å². The number of hydrogen-bond acceptors (Lipinski definition) is 4. The third kappa shape index (κ3) is 6.51. The van der Waals surface area contributed by atoms with E-state index in [0.717, 1.165) is 5.69 Å². The fourth-order valence-corrected chi connectivity index (χ4v) is 3.38. The average Bonchev–Trinajstić information content (AvgIpc) is 3.14. The molecule has 1 aromatic carbocycles. The van der Waals surface area contributed by atoms with Crippen molar-refractivity contribution in [1.82, 2.24) is 14.4 Å². The van der Waals surface area contributed by atoms with Gasteiger partial charge in [0.2, 0.25) is 5.91 Å². The number of benzene rings is 1. The molecule has 0 unspecified atom stereocenters. The first-order chi connectivity index (χ1) is 14.7. The average molecular weight is 430 g/mol. The van der Waals surface area contributed by atoms with Gasteiger partial charge in [0.1, 0.15) is 18.0 Å². The maximum absolute atomic E-state index is 13.3. The number of aryl methyl sites for hydroxylation is 1. The molecular weight excluding hydrogens is 394 g/mol. The van der Waals surface area contributed by atoms with Crippen molar-refractivity contribution in [3.8, 4) is 11.5 Å². The molecule has 2 rings (SSSR count). The second-order valence-electron chi connectivity index (χ2n) is 8.41. The predicted octanol–water partition coefficient (Wildman–Crippen LogP) is 3.58. The fourth-order valence-electron chi connectivity index (χ4n) is 3.38. The lowest BCUT2D eigenvalue weighted by atomic mass is 10.1. The summed E-state index contributed by atoms with van der Waals surface area (Å²) in [4.78, 5) is 30.0. The van der Waals surface area contributed by atoms with Crippen molar-refractivity contribution in [3.63, 3.8) is 0 Å². The van der Waals surface area contributed by atoms with E-state index >= 15 is 0 Å². The van der Waals surface area contributed by atoms with Gasteiger partial charge in [0.25, 0.3) is 5.91 Å². The highest BCUT2D eigenvalue weighted by atomic mass is 16.5. The van der Waals surface area contributed by atoms with E-state index in [1.54, 1.807) is 37.3 Å². The molecule has 0 bridgehead atoms. The number of ether oxygens (including phenoxy) is 2. The lowest BCUT2D eigenvalue weighted by Gasteiger charge is -2.31. The molecule has 2 amide bonds. The maximum Gasteiger partial charge on any atom is 0.254 e. The van der Waals surface area contributed by atoms with Crippen molar-refractivity contribution in [2.45, 2.75) is 40.3 Å². The largest absolute Gasteiger partial charge is 0.497 e. The summed E-state index contributed by atoms with van der Waals surface area (Å²) in [6.45, 7) is 9.12. The Kier molecular flexibility index (Phi) is 8.54. The molecule has 1 heterocycles. The summed E-state index contributed by atoms with van der Waals surface area (Å²) in [5, 5.41) is 0. The molecule has 0 fully saturated rings. The molecule has 0 saturated carbocycles. The Morgan fingerprint density at radius 1 is 1.03 bits per heavy atom. The monoisotopic (exact) mass is 429 g/mol. The molecule has 0 aliphatic heterocycles. The number of carbonyl (C=O) groups excluding carboxylic acids is 2. The molecule has 0 aliphatic rings. The van der Waals surface area contributed by atoms with Crippen LogP contribution in [-0.4, -0.2) is 59.5 Å². The van der Waals surface area contributed by atoms with Crippen molar-refractivity contribution in [1.29, 1.82) is 0 Å². The molecule has 0 radical (unpaired) electrons. The van der Waals surface area contributed by atoms with Crippen LogP contribution < -0.4 is 9.47 Å². The molecule has 7 heteroatoms. The molecule has 7 nitrogen and oxygen atoms in total. The summed E-state index contributed by atoms with van der Waals surface area (Å²) < 4.78 is 12.6. The van der Waals surface area contributed by atoms with E-state index in [2.05, 4.69) is 13.8 Å². The Bertz CT molecular complexity index is 866. The SMILES string of the molecule is COc1cc(OC)cc(C(=O)N(CC(=O)N(Cc2cccn2C)CC(C)C)C(C)C)c1. The van der Waals surface area contributed by atoms with Gasteiger partial charge in [-0.1, -0.05) is 13.8 Å². The maximum atomic E-state index is 13.3. The number of nitrogens with zero attached hydrogens (tertiary/aromatic N) is 3. The minimum absolute atomic E-state index is 0.00711. The van der Waals surface area contributed by atoms with Gasteiger partial charge in [-0.05, 0) is 44.0 Å². The summed E-state index contributed by atoms with van der Waals surface area (Å²) in [5.41, 5.74) is 1.48. The third-order valence-electron chi connectivity index (χ3n) is 5.13. The Balaban J connectivity index is 2.26. The highest BCUT2D eigenvalue weighted by molar-refractivity contribution is 5.97. The van der Waals surface area contributed by atoms with Gasteiger partial charge < -0.3 is 23.8 Å². The second kappa shape index (κ2) is 10.9. The summed E-state index contributed by atoms with van der Waals surface area (Å²) in [7, 11) is 5.05. The number of aromatic nitrogens is 1. The van der Waals surface area contributed by atoms with Gasteiger partial charge in [0.15, 0.2) is 0 Å². The van der Waals surface area contributed by atoms with E-state index in [4.69, 9.17) is 9.47 Å². The third-order valence-corrected chi connectivity index (χ3v) is 5.13. The van der Waals surface area contributed by atoms with Gasteiger partial charge in [-0.3, -0.25) is 9.59 Å². The van der Waals surface area contributed by atoms with Crippen LogP contribution in [0, 0.1) is 5.92 Å². The Morgan fingerprint density at radius 2 is 1.65 bits per heavy atom. The lowest BCUT2D eigenvalue weighted by molar-refractivity contribution is -0.133. The first kappa shape index (κ1) is 24.3. The van der Waals surface area contributed by atoms with Crippen LogP contribution in [0.5, 0.6) is 11.5 Å². The Labute approximate surface area is 185 Å². The van der Waals surface area contributed by atoms with Crippen molar-refractivity contribution in [3.05, 3.63) is 47.8 Å². The van der Waals surface area contributed by atoms with E-state index in [9.17, 15) is 9.59 Å². The molecule has 0 saturated heterocycles. The summed E-state index contributed by atoms with van der Waals surface area (Å²) in [6, 6.07) is 8.87. The van der Waals surface area contributed by atoms with Crippen LogP contribution in [0.1, 0.15) is 43.7 Å². The first-order valence-corrected chi connectivity index (χ1v) is 10.6. The van der Waals surface area contributed by atoms with E-state index in [1.165, 1.54) is 0 Å². The Hall–Kier alpha value is -2.96. The highest BCUT2D eigenvalue weighted by Crippen LogP contribution is 2.24. The molecule has 0 atom stereocenters. The van der Waals surface area contributed by atoms with Crippen LogP contribution in [0.2, 0.25) is 0 Å². The number of amides is 2. The molecule has 0 aliphatic carbocycles. The number of rotatable bonds is 10. The molecule has 170 valence electrons. The van der Waals surface area contributed by atoms with Crippen molar-refractivity contribution >= 4 is 11.8 Å². The predicted molar refractivity (Wildman–Crippen MR) is 121 cm³/mol. The number of methoxy groups -OCH3 is 2. The van der Waals surface area contributed by atoms with Crippen LogP contribution in [0.4, 0.5) is 0 Å². The lowest BCUT2D eigenvalue weighted by Crippen LogP contribution is -2.46. The van der Waals surface area contributed by atoms with Crippen LogP contribution in [-0.2, 0) is 18.4 Å². The van der Waals surface area contributed by atoms with Crippen molar-refractivity contribution in [2.75, 3.05) is 27.3 Å². The van der Waals surface area contributed by atoms with Crippen molar-refractivity contribution in [2.24, 2.45) is 13.0 Å². The summed E-state index contributed by atoms with van der Waals surface area (Å²) in [5.74, 6) is 1.07. The minimum atomic E-state index is -0.232. The topological polar surface area (TPSA) is 64.0 Å². The molecule has 31 heavy (non-hydrogen) atoms. The van der Waals surface area contributed by atoms with E-state index < -0.39 is 0 Å². The second-order valence-corrected chi connectivity index (χ2v) is 8.41. The van der Waals surface area contributed by atoms with Crippen LogP contribution in [0.3, 0.4) is 0 Å². The van der Waals surface area contributed by atoms with Gasteiger partial charge >= 0.3 is 0 Å². The number of hydrogen-bond donors (Lipinski definition) is 0. The Morgan fingerprint density at radius 3 is 2.10 bits per heavy atom. The highest BCUT2D eigenvalue weighted by Gasteiger charge is 2.26. The smallest absolute Gasteiger partial charge is 0.254 e. The number of carbonyl (C=O) groups is 2. The first-order valence-electron chi connectivity index (χ1n) is 10.6. The van der Waals surface area contributed by atoms with Gasteiger partial charge in [0.05, 0.1) is 20.8 Å². The molecule has 0 N–H and O–H groups in total. The van der Waals surface area contributed by atoms with Gasteiger partial charge in [0, 0.05) is 43.2 Å². The van der Waals surface area contributed by atoms with E-state index in [0.29, 0.717) is 36.1 Å². The summed E-state index contributed by atoms with van der Waals surface area (Å²) in [6.07, 6.45) is 1.97. The van der Waals surface area contributed by atoms with E-state index in [-0.39, 0.29) is 24.4 Å². The minimum Gasteiger partial charge on any atom is -0.497 e. The van der Waals surface area contributed by atoms with Crippen LogP contribution in [0.25, 0.3) is 0 Å². The normalized spacial score (nSPS) is 11.0. The van der Waals surface area contributed by atoms with Crippen LogP contribution in [0.15, 0.2) is 36.5 Å². The zero-order chi connectivity index (χ0) is 23.1. The molecular formula is C24H35N3O4. The van der Waals surface area contributed by atoms with Gasteiger partial charge in [-0.25, -0.2) is 0 Å². The zero-order valence-electron chi connectivity index (χ0n) is 19.7. The summed E-state index contributed by atoms with van der Waals surface area (Å²) >= 11 is 0. The van der Waals surface area contributed by atoms with E-state index in [1.807, 2.05) is 48.7 Å². The molecule has 0 spiro atoms. The molecule has 2 aromatic rings. The quantitative estimate of drug-likeness (QED) is 0.579. The van der Waals surface area contributed by atoms with Gasteiger partial charge in [-0.15, -0.1) is 0 Å². The standard InChI is InChI=1S/C24H35N3O4/c1-17(2)14-26(15-20-9-8-10-25(20)5)23(28)16-27(18(3)4)24(29)19-11-21(30-6)13-22(12-19)31-7/h8-13,17-18H,14-16H2,1-7H3. The zero-order valence-corrected chi connectivity index (χ0v) is 19.7. The fraction of sp³-hybridized carbons (Fsp3) is 0.500.